The Kier molecular flexibility index (Phi) is 8.35. The van der Waals surface area contributed by atoms with Gasteiger partial charge in [-0.1, -0.05) is 47.1 Å². The number of allylic oxidation sites excluding steroid dienone is 1. The molecule has 0 nitrogen and oxygen atoms in total. The first kappa shape index (κ1) is 12.4. The van der Waals surface area contributed by atoms with E-state index in [0.717, 1.165) is 11.7 Å². The summed E-state index contributed by atoms with van der Waals surface area (Å²) in [6.45, 7) is 8.86. The van der Waals surface area contributed by atoms with E-state index in [0.29, 0.717) is 0 Å². The van der Waals surface area contributed by atoms with Gasteiger partial charge in [-0.05, 0) is 26.2 Å². The van der Waals surface area contributed by atoms with Gasteiger partial charge in [0, 0.05) is 11.5 Å². The van der Waals surface area contributed by atoms with Crippen molar-refractivity contribution in [1.82, 2.24) is 0 Å². The number of hydrogen-bond donors (Lipinski definition) is 0. The van der Waals surface area contributed by atoms with Crippen molar-refractivity contribution in [3.05, 3.63) is 11.6 Å². The van der Waals surface area contributed by atoms with Crippen molar-refractivity contribution in [3.8, 4) is 0 Å². The quantitative estimate of drug-likeness (QED) is 0.358. The van der Waals surface area contributed by atoms with Crippen molar-refractivity contribution in [2.45, 2.75) is 34.1 Å². The van der Waals surface area contributed by atoms with Crippen LogP contribution in [0.5, 0.6) is 0 Å². The topological polar surface area (TPSA) is 0 Å². The second kappa shape index (κ2) is 8.06. The van der Waals surface area contributed by atoms with Gasteiger partial charge in [-0.25, -0.2) is 0 Å². The lowest BCUT2D eigenvalue weighted by Gasteiger charge is -2.02. The lowest BCUT2D eigenvalue weighted by Crippen LogP contribution is -1.87. The van der Waals surface area contributed by atoms with Gasteiger partial charge in [-0.3, -0.25) is 0 Å². The van der Waals surface area contributed by atoms with Crippen LogP contribution in [-0.4, -0.2) is 11.5 Å². The summed E-state index contributed by atoms with van der Waals surface area (Å²) >= 11 is 0. The van der Waals surface area contributed by atoms with E-state index in [2.05, 4.69) is 33.8 Å². The minimum atomic E-state index is 0.849. The van der Waals surface area contributed by atoms with Crippen molar-refractivity contribution in [2.24, 2.45) is 5.92 Å². The van der Waals surface area contributed by atoms with E-state index in [4.69, 9.17) is 0 Å². The summed E-state index contributed by atoms with van der Waals surface area (Å²) in [5, 5.41) is 0. The van der Waals surface area contributed by atoms with E-state index in [1.807, 2.05) is 21.6 Å². The number of rotatable bonds is 6. The summed E-state index contributed by atoms with van der Waals surface area (Å²) in [6.07, 6.45) is 3.62. The molecule has 0 fully saturated rings. The van der Waals surface area contributed by atoms with E-state index >= 15 is 0 Å². The van der Waals surface area contributed by atoms with Gasteiger partial charge in [0.1, 0.15) is 0 Å². The van der Waals surface area contributed by atoms with Crippen molar-refractivity contribution in [1.29, 1.82) is 0 Å². The zero-order valence-corrected chi connectivity index (χ0v) is 10.2. The lowest BCUT2D eigenvalue weighted by atomic mass is 10.2. The SMILES string of the molecule is CC(C)=CCSSCCC(C)C. The maximum Gasteiger partial charge on any atom is 0.0220 e. The molecule has 0 heterocycles. The molecule has 0 saturated heterocycles. The largest absolute Gasteiger partial charge is 0.0938 e. The first-order chi connectivity index (χ1) is 5.63. The highest BCUT2D eigenvalue weighted by Crippen LogP contribution is 2.23. The molecule has 2 heteroatoms. The fourth-order valence-electron chi connectivity index (χ4n) is 0.592. The van der Waals surface area contributed by atoms with Crippen LogP contribution in [0.3, 0.4) is 0 Å². The molecule has 0 amide bonds. The molecule has 0 unspecified atom stereocenters. The van der Waals surface area contributed by atoms with Gasteiger partial charge in [-0.2, -0.15) is 0 Å². The highest BCUT2D eigenvalue weighted by Gasteiger charge is 1.93. The van der Waals surface area contributed by atoms with Gasteiger partial charge in [-0.15, -0.1) is 0 Å². The van der Waals surface area contributed by atoms with Crippen molar-refractivity contribution in [3.63, 3.8) is 0 Å². The van der Waals surface area contributed by atoms with Crippen molar-refractivity contribution in [2.75, 3.05) is 11.5 Å². The summed E-state index contributed by atoms with van der Waals surface area (Å²) in [7, 11) is 3.96. The molecule has 12 heavy (non-hydrogen) atoms. The second-order valence-electron chi connectivity index (χ2n) is 3.57. The zero-order chi connectivity index (χ0) is 9.40. The fourth-order valence-corrected chi connectivity index (χ4v) is 2.91. The third-order valence-electron chi connectivity index (χ3n) is 1.42. The maximum atomic E-state index is 2.28. The highest BCUT2D eigenvalue weighted by atomic mass is 33.1. The Morgan fingerprint density at radius 1 is 1.25 bits per heavy atom. The minimum absolute atomic E-state index is 0.849. The van der Waals surface area contributed by atoms with Gasteiger partial charge in [0.2, 0.25) is 0 Å². The van der Waals surface area contributed by atoms with E-state index in [-0.39, 0.29) is 0 Å². The van der Waals surface area contributed by atoms with E-state index < -0.39 is 0 Å². The Labute approximate surface area is 85.0 Å². The molecule has 0 radical (unpaired) electrons. The van der Waals surface area contributed by atoms with Crippen LogP contribution in [0.25, 0.3) is 0 Å². The van der Waals surface area contributed by atoms with Crippen LogP contribution in [-0.2, 0) is 0 Å². The predicted octanol–water partition coefficient (Wildman–Crippen LogP) is 4.38. The molecule has 0 aromatic heterocycles. The highest BCUT2D eigenvalue weighted by molar-refractivity contribution is 8.76. The summed E-state index contributed by atoms with van der Waals surface area (Å²) in [4.78, 5) is 0. The third kappa shape index (κ3) is 10.4. The molecule has 0 aliphatic carbocycles. The smallest absolute Gasteiger partial charge is 0.0220 e. The third-order valence-corrected chi connectivity index (χ3v) is 3.70. The van der Waals surface area contributed by atoms with Crippen LogP contribution in [0.2, 0.25) is 0 Å². The van der Waals surface area contributed by atoms with Crippen LogP contribution in [0.15, 0.2) is 11.6 Å². The average Bonchev–Trinajstić information content (AvgIpc) is 1.95. The average molecular weight is 204 g/mol. The molecule has 0 spiro atoms. The Hall–Kier alpha value is 0.440. The van der Waals surface area contributed by atoms with Gasteiger partial charge < -0.3 is 0 Å². The van der Waals surface area contributed by atoms with Crippen LogP contribution < -0.4 is 0 Å². The van der Waals surface area contributed by atoms with Gasteiger partial charge in [0.05, 0.1) is 0 Å². The van der Waals surface area contributed by atoms with Crippen LogP contribution in [0, 0.1) is 5.92 Å². The van der Waals surface area contributed by atoms with Gasteiger partial charge in [0.25, 0.3) is 0 Å². The number of hydrogen-bond acceptors (Lipinski definition) is 2. The minimum Gasteiger partial charge on any atom is -0.0938 e. The Morgan fingerprint density at radius 2 is 1.92 bits per heavy atom. The molecule has 0 aromatic rings. The van der Waals surface area contributed by atoms with Crippen molar-refractivity contribution < 1.29 is 0 Å². The standard InChI is InChI=1S/C10H20S2/c1-9(2)5-7-11-12-8-6-10(3)4/h5,10H,6-8H2,1-4H3. The molecule has 72 valence electrons. The molecule has 0 saturated carbocycles. The summed E-state index contributed by atoms with van der Waals surface area (Å²) in [5.74, 6) is 3.30. The van der Waals surface area contributed by atoms with E-state index in [9.17, 15) is 0 Å². The first-order valence-corrected chi connectivity index (χ1v) is 6.99. The van der Waals surface area contributed by atoms with E-state index in [1.165, 1.54) is 17.7 Å². The first-order valence-electron chi connectivity index (χ1n) is 4.50. The van der Waals surface area contributed by atoms with Crippen LogP contribution in [0.4, 0.5) is 0 Å². The molecule has 0 rings (SSSR count). The zero-order valence-electron chi connectivity index (χ0n) is 8.59. The second-order valence-corrected chi connectivity index (χ2v) is 6.20. The fraction of sp³-hybridized carbons (Fsp3) is 0.800. The van der Waals surface area contributed by atoms with E-state index in [1.54, 1.807) is 0 Å². The Morgan fingerprint density at radius 3 is 2.42 bits per heavy atom. The van der Waals surface area contributed by atoms with Gasteiger partial charge >= 0.3 is 0 Å². The molecule has 0 bridgehead atoms. The molecule has 0 aliphatic heterocycles. The van der Waals surface area contributed by atoms with Gasteiger partial charge in [0.15, 0.2) is 0 Å². The summed E-state index contributed by atoms with van der Waals surface area (Å²) < 4.78 is 0. The molecule has 0 N–H and O–H groups in total. The van der Waals surface area contributed by atoms with Crippen LogP contribution in [0.1, 0.15) is 34.1 Å². The molecular weight excluding hydrogens is 184 g/mol. The normalized spacial score (nSPS) is 10.4. The molecule has 0 atom stereocenters. The Balaban J connectivity index is 3.06. The lowest BCUT2D eigenvalue weighted by molar-refractivity contribution is 0.633. The Bertz CT molecular complexity index is 124. The maximum absolute atomic E-state index is 2.28. The summed E-state index contributed by atoms with van der Waals surface area (Å²) in [6, 6.07) is 0. The van der Waals surface area contributed by atoms with Crippen molar-refractivity contribution >= 4 is 21.6 Å². The van der Waals surface area contributed by atoms with Crippen LogP contribution >= 0.6 is 21.6 Å². The molecule has 0 aromatic carbocycles. The molecule has 0 aliphatic rings. The molecular formula is C10H20S2. The monoisotopic (exact) mass is 204 g/mol. The predicted molar refractivity (Wildman–Crippen MR) is 63.8 cm³/mol. The summed E-state index contributed by atoms with van der Waals surface area (Å²) in [5.41, 5.74) is 1.42.